The number of para-hydroxylation sites is 2. The summed E-state index contributed by atoms with van der Waals surface area (Å²) >= 11 is 0. The van der Waals surface area contributed by atoms with E-state index in [1.807, 2.05) is 6.07 Å². The molecule has 2 heterocycles. The van der Waals surface area contributed by atoms with Crippen LogP contribution in [-0.2, 0) is 6.54 Å². The normalized spacial score (nSPS) is 19.0. The van der Waals surface area contributed by atoms with Crippen LogP contribution in [0.25, 0.3) is 11.0 Å². The number of benzene rings is 1. The van der Waals surface area contributed by atoms with Crippen molar-refractivity contribution in [2.24, 2.45) is 0 Å². The van der Waals surface area contributed by atoms with Crippen molar-refractivity contribution in [3.63, 3.8) is 0 Å². The first-order chi connectivity index (χ1) is 10.0. The molecule has 0 spiro atoms. The Kier molecular flexibility index (Phi) is 4.00. The molecule has 0 saturated carbocycles. The monoisotopic (exact) mass is 286 g/mol. The number of imidazole rings is 1. The minimum Gasteiger partial charge on any atom is -0.341 e. The molecular weight excluding hydrogens is 260 g/mol. The predicted molar refractivity (Wildman–Crippen MR) is 87.3 cm³/mol. The predicted octanol–water partition coefficient (Wildman–Crippen LogP) is 2.87. The lowest BCUT2D eigenvalue weighted by Crippen LogP contribution is -2.43. The van der Waals surface area contributed by atoms with Gasteiger partial charge in [-0.25, -0.2) is 4.98 Å². The zero-order valence-corrected chi connectivity index (χ0v) is 13.4. The summed E-state index contributed by atoms with van der Waals surface area (Å²) < 4.78 is 0. The maximum absolute atomic E-state index is 4.69. The van der Waals surface area contributed by atoms with Crippen LogP contribution in [0.5, 0.6) is 0 Å². The van der Waals surface area contributed by atoms with Gasteiger partial charge in [0.2, 0.25) is 0 Å². The number of aromatic amines is 1. The Balaban J connectivity index is 1.65. The summed E-state index contributed by atoms with van der Waals surface area (Å²) in [4.78, 5) is 13.2. The van der Waals surface area contributed by atoms with Gasteiger partial charge >= 0.3 is 0 Å². The van der Waals surface area contributed by atoms with Crippen LogP contribution < -0.4 is 0 Å². The average Bonchev–Trinajstić information content (AvgIpc) is 2.66. The van der Waals surface area contributed by atoms with Gasteiger partial charge in [-0.3, -0.25) is 9.80 Å². The molecule has 0 bridgehead atoms. The lowest BCUT2D eigenvalue weighted by atomic mass is 10.1. The molecule has 2 aromatic rings. The van der Waals surface area contributed by atoms with E-state index >= 15 is 0 Å². The highest BCUT2D eigenvalue weighted by atomic mass is 15.3. The number of hydrogen-bond donors (Lipinski definition) is 1. The van der Waals surface area contributed by atoms with Crippen molar-refractivity contribution in [3.05, 3.63) is 30.1 Å². The van der Waals surface area contributed by atoms with E-state index in [1.165, 1.54) is 13.0 Å². The minimum absolute atomic E-state index is 0.273. The summed E-state index contributed by atoms with van der Waals surface area (Å²) in [5.41, 5.74) is 2.48. The molecule has 0 unspecified atom stereocenters. The first-order valence-electron chi connectivity index (χ1n) is 7.93. The summed E-state index contributed by atoms with van der Waals surface area (Å²) in [5, 5.41) is 0. The van der Waals surface area contributed by atoms with E-state index in [-0.39, 0.29) is 5.54 Å². The van der Waals surface area contributed by atoms with Crippen LogP contribution in [0.3, 0.4) is 0 Å². The zero-order valence-electron chi connectivity index (χ0n) is 13.4. The summed E-state index contributed by atoms with van der Waals surface area (Å²) in [7, 11) is 0. The molecular formula is C17H26N4. The van der Waals surface area contributed by atoms with Crippen LogP contribution in [-0.4, -0.2) is 51.5 Å². The second-order valence-corrected chi connectivity index (χ2v) is 6.99. The van der Waals surface area contributed by atoms with Crippen molar-refractivity contribution in [2.75, 3.05) is 26.2 Å². The van der Waals surface area contributed by atoms with E-state index in [0.29, 0.717) is 0 Å². The molecule has 0 radical (unpaired) electrons. The topological polar surface area (TPSA) is 35.2 Å². The largest absolute Gasteiger partial charge is 0.341 e. The van der Waals surface area contributed by atoms with Gasteiger partial charge in [-0.2, -0.15) is 0 Å². The van der Waals surface area contributed by atoms with Crippen molar-refractivity contribution in [2.45, 2.75) is 39.3 Å². The number of hydrogen-bond acceptors (Lipinski definition) is 3. The van der Waals surface area contributed by atoms with Gasteiger partial charge in [0, 0.05) is 18.6 Å². The second kappa shape index (κ2) is 5.78. The number of aromatic nitrogens is 2. The highest BCUT2D eigenvalue weighted by molar-refractivity contribution is 5.74. The molecule has 1 N–H and O–H groups in total. The summed E-state index contributed by atoms with van der Waals surface area (Å²) in [6.45, 7) is 12.5. The van der Waals surface area contributed by atoms with Gasteiger partial charge in [-0.05, 0) is 52.4 Å². The van der Waals surface area contributed by atoms with Gasteiger partial charge in [0.1, 0.15) is 5.82 Å². The van der Waals surface area contributed by atoms with E-state index in [4.69, 9.17) is 4.98 Å². The van der Waals surface area contributed by atoms with Gasteiger partial charge in [-0.1, -0.05) is 12.1 Å². The van der Waals surface area contributed by atoms with E-state index in [1.54, 1.807) is 0 Å². The fourth-order valence-electron chi connectivity index (χ4n) is 3.09. The molecule has 1 aliphatic rings. The number of H-pyrrole nitrogens is 1. The lowest BCUT2D eigenvalue weighted by molar-refractivity contribution is 0.140. The number of fused-ring (bicyclic) bond motifs is 1. The molecule has 0 aliphatic carbocycles. The van der Waals surface area contributed by atoms with Crippen LogP contribution >= 0.6 is 0 Å². The van der Waals surface area contributed by atoms with Crippen LogP contribution in [0, 0.1) is 0 Å². The Morgan fingerprint density at radius 3 is 2.67 bits per heavy atom. The molecule has 1 saturated heterocycles. The molecule has 4 heteroatoms. The fraction of sp³-hybridized carbons (Fsp3) is 0.588. The van der Waals surface area contributed by atoms with E-state index in [2.05, 4.69) is 53.8 Å². The second-order valence-electron chi connectivity index (χ2n) is 6.99. The zero-order chi connectivity index (χ0) is 14.9. The third-order valence-corrected chi connectivity index (χ3v) is 4.35. The van der Waals surface area contributed by atoms with Crippen LogP contribution in [0.4, 0.5) is 0 Å². The Morgan fingerprint density at radius 1 is 1.10 bits per heavy atom. The van der Waals surface area contributed by atoms with Crippen LogP contribution in [0.1, 0.15) is 33.0 Å². The number of nitrogens with zero attached hydrogens (tertiary/aromatic N) is 3. The molecule has 21 heavy (non-hydrogen) atoms. The standard InChI is InChI=1S/C17H26N4/c1-17(2,3)21-10-6-9-20(11-12-21)13-16-18-14-7-4-5-8-15(14)19-16/h4-5,7-8H,6,9-13H2,1-3H3,(H,18,19). The Hall–Kier alpha value is -1.39. The van der Waals surface area contributed by atoms with Gasteiger partial charge in [0.05, 0.1) is 17.6 Å². The third-order valence-electron chi connectivity index (χ3n) is 4.35. The van der Waals surface area contributed by atoms with Crippen molar-refractivity contribution in [1.82, 2.24) is 19.8 Å². The lowest BCUT2D eigenvalue weighted by Gasteiger charge is -2.34. The maximum Gasteiger partial charge on any atom is 0.121 e. The average molecular weight is 286 g/mol. The van der Waals surface area contributed by atoms with E-state index < -0.39 is 0 Å². The van der Waals surface area contributed by atoms with Crippen LogP contribution in [0.15, 0.2) is 24.3 Å². The molecule has 0 atom stereocenters. The molecule has 1 aliphatic heterocycles. The van der Waals surface area contributed by atoms with Crippen molar-refractivity contribution in [3.8, 4) is 0 Å². The Morgan fingerprint density at radius 2 is 1.90 bits per heavy atom. The number of rotatable bonds is 2. The van der Waals surface area contributed by atoms with Crippen molar-refractivity contribution >= 4 is 11.0 Å². The molecule has 0 amide bonds. The van der Waals surface area contributed by atoms with E-state index in [0.717, 1.165) is 43.0 Å². The first-order valence-corrected chi connectivity index (χ1v) is 7.93. The van der Waals surface area contributed by atoms with Crippen LogP contribution in [0.2, 0.25) is 0 Å². The summed E-state index contributed by atoms with van der Waals surface area (Å²) in [6, 6.07) is 8.26. The molecule has 3 rings (SSSR count). The molecule has 114 valence electrons. The van der Waals surface area contributed by atoms with Gasteiger partial charge in [0.15, 0.2) is 0 Å². The van der Waals surface area contributed by atoms with Crippen molar-refractivity contribution in [1.29, 1.82) is 0 Å². The fourth-order valence-corrected chi connectivity index (χ4v) is 3.09. The number of nitrogens with one attached hydrogen (secondary N) is 1. The smallest absolute Gasteiger partial charge is 0.121 e. The molecule has 4 nitrogen and oxygen atoms in total. The van der Waals surface area contributed by atoms with E-state index in [9.17, 15) is 0 Å². The maximum atomic E-state index is 4.69. The molecule has 1 aromatic carbocycles. The van der Waals surface area contributed by atoms with Crippen molar-refractivity contribution < 1.29 is 0 Å². The summed E-state index contributed by atoms with van der Waals surface area (Å²) in [5.74, 6) is 1.08. The van der Waals surface area contributed by atoms with Gasteiger partial charge in [-0.15, -0.1) is 0 Å². The Bertz CT molecular complexity index is 563. The molecule has 1 fully saturated rings. The van der Waals surface area contributed by atoms with Gasteiger partial charge < -0.3 is 4.98 Å². The Labute approximate surface area is 127 Å². The third kappa shape index (κ3) is 3.44. The quantitative estimate of drug-likeness (QED) is 0.922. The highest BCUT2D eigenvalue weighted by Gasteiger charge is 2.24. The minimum atomic E-state index is 0.273. The highest BCUT2D eigenvalue weighted by Crippen LogP contribution is 2.17. The first kappa shape index (κ1) is 14.5. The summed E-state index contributed by atoms with van der Waals surface area (Å²) in [6.07, 6.45) is 1.23. The van der Waals surface area contributed by atoms with Gasteiger partial charge in [0.25, 0.3) is 0 Å². The molecule has 1 aromatic heterocycles. The SMILES string of the molecule is CC(C)(C)N1CCCN(Cc2nc3ccccc3[nH]2)CC1.